The summed E-state index contributed by atoms with van der Waals surface area (Å²) in [6, 6.07) is 14.8. The molecule has 1 N–H and O–H groups in total. The first-order chi connectivity index (χ1) is 15.5. The lowest BCUT2D eigenvalue weighted by molar-refractivity contribution is -0.149. The van der Waals surface area contributed by atoms with Crippen LogP contribution in [-0.4, -0.2) is 42.5 Å². The van der Waals surface area contributed by atoms with Crippen molar-refractivity contribution in [3.8, 4) is 23.3 Å². The van der Waals surface area contributed by atoms with Gasteiger partial charge in [0.25, 0.3) is 0 Å². The van der Waals surface area contributed by atoms with E-state index in [1.165, 1.54) is 30.9 Å². The van der Waals surface area contributed by atoms with E-state index in [0.717, 1.165) is 11.3 Å². The molecule has 2 aliphatic rings. The average molecular weight is 453 g/mol. The Labute approximate surface area is 191 Å². The first-order valence-corrected chi connectivity index (χ1v) is 11.2. The van der Waals surface area contributed by atoms with Gasteiger partial charge >= 0.3 is 0 Å². The number of hydrogen-bond acceptors (Lipinski definition) is 7. The maximum absolute atomic E-state index is 13.3. The molecule has 0 aromatic heterocycles. The number of carbonyl (C=O) groups is 1. The Morgan fingerprint density at radius 1 is 1.19 bits per heavy atom. The van der Waals surface area contributed by atoms with E-state index < -0.39 is 5.72 Å². The number of aliphatic hydroxyl groups is 1. The maximum atomic E-state index is 13.3. The second-order valence-electron chi connectivity index (χ2n) is 7.49. The fraction of sp³-hybridized carbons (Fsp3) is 0.333. The summed E-state index contributed by atoms with van der Waals surface area (Å²) >= 11 is 1.31. The van der Waals surface area contributed by atoms with E-state index >= 15 is 0 Å². The quantitative estimate of drug-likeness (QED) is 0.714. The number of benzene rings is 2. The Hall–Kier alpha value is -3.15. The van der Waals surface area contributed by atoms with Gasteiger partial charge in [0.2, 0.25) is 5.91 Å². The van der Waals surface area contributed by atoms with Gasteiger partial charge in [0.1, 0.15) is 5.75 Å². The van der Waals surface area contributed by atoms with Gasteiger partial charge in [-0.25, -0.2) is 0 Å². The Kier molecular flexibility index (Phi) is 6.04. The minimum atomic E-state index is -1.58. The van der Waals surface area contributed by atoms with Crippen molar-refractivity contribution < 1.29 is 24.1 Å². The predicted octanol–water partition coefficient (Wildman–Crippen LogP) is 3.75. The predicted molar refractivity (Wildman–Crippen MR) is 120 cm³/mol. The van der Waals surface area contributed by atoms with Gasteiger partial charge in [0.15, 0.2) is 17.2 Å². The third-order valence-electron chi connectivity index (χ3n) is 5.75. The lowest BCUT2D eigenvalue weighted by atomic mass is 9.85. The zero-order valence-electron chi connectivity index (χ0n) is 18.1. The molecule has 0 bridgehead atoms. The van der Waals surface area contributed by atoms with Crippen LogP contribution in [0.15, 0.2) is 53.1 Å². The molecule has 2 aromatic carbocycles. The number of nitrogens with zero attached hydrogens (tertiary/aromatic N) is 2. The second-order valence-corrected chi connectivity index (χ2v) is 8.46. The van der Waals surface area contributed by atoms with Gasteiger partial charge in [-0.05, 0) is 36.8 Å². The third-order valence-corrected chi connectivity index (χ3v) is 6.97. The van der Waals surface area contributed by atoms with E-state index in [1.54, 1.807) is 18.2 Å². The molecule has 32 heavy (non-hydrogen) atoms. The van der Waals surface area contributed by atoms with Gasteiger partial charge in [-0.2, -0.15) is 5.26 Å². The first-order valence-electron chi connectivity index (χ1n) is 10.2. The molecule has 1 amide bonds. The summed E-state index contributed by atoms with van der Waals surface area (Å²) in [5.41, 5.74) is 0.272. The Morgan fingerprint density at radius 3 is 2.53 bits per heavy atom. The number of amides is 1. The molecular formula is C24H24N2O5S. The van der Waals surface area contributed by atoms with E-state index in [-0.39, 0.29) is 24.0 Å². The van der Waals surface area contributed by atoms with Gasteiger partial charge in [-0.3, -0.25) is 9.69 Å². The van der Waals surface area contributed by atoms with Crippen LogP contribution in [0.5, 0.6) is 17.2 Å². The van der Waals surface area contributed by atoms with E-state index in [0.29, 0.717) is 34.3 Å². The molecular weight excluding hydrogens is 428 g/mol. The van der Waals surface area contributed by atoms with Crippen LogP contribution in [0.2, 0.25) is 0 Å². The van der Waals surface area contributed by atoms with Crippen LogP contribution >= 0.6 is 11.8 Å². The molecule has 0 saturated carbocycles. The van der Waals surface area contributed by atoms with Gasteiger partial charge in [-0.1, -0.05) is 18.2 Å². The molecule has 2 aromatic rings. The molecule has 1 fully saturated rings. The van der Waals surface area contributed by atoms with Crippen molar-refractivity contribution in [2.45, 2.75) is 25.0 Å². The van der Waals surface area contributed by atoms with Crippen molar-refractivity contribution >= 4 is 17.7 Å². The topological polar surface area (TPSA) is 92.0 Å². The second kappa shape index (κ2) is 8.77. The molecule has 2 atom stereocenters. The molecule has 0 aliphatic carbocycles. The summed E-state index contributed by atoms with van der Waals surface area (Å²) in [6.07, 6.45) is 0.0938. The molecule has 166 valence electrons. The summed E-state index contributed by atoms with van der Waals surface area (Å²) in [7, 11) is 3.05. The highest BCUT2D eigenvalue weighted by Gasteiger charge is 2.52. The largest absolute Gasteiger partial charge is 0.494 e. The number of thioether (sulfide) groups is 1. The fourth-order valence-corrected chi connectivity index (χ4v) is 5.53. The highest BCUT2D eigenvalue weighted by atomic mass is 32.2. The molecule has 1 saturated heterocycles. The Bertz CT molecular complexity index is 1110. The highest BCUT2D eigenvalue weighted by Crippen LogP contribution is 2.52. The number of rotatable bonds is 6. The number of hydrogen-bond donors (Lipinski definition) is 1. The van der Waals surface area contributed by atoms with Crippen LogP contribution in [0, 0.1) is 11.3 Å². The highest BCUT2D eigenvalue weighted by molar-refractivity contribution is 8.03. The normalized spacial score (nSPS) is 22.4. The van der Waals surface area contributed by atoms with Crippen molar-refractivity contribution in [2.75, 3.05) is 26.6 Å². The maximum Gasteiger partial charge on any atom is 0.231 e. The number of carbonyl (C=O) groups excluding carboxylic acids is 1. The average Bonchev–Trinajstić information content (AvgIpc) is 3.18. The van der Waals surface area contributed by atoms with Crippen LogP contribution in [0.3, 0.4) is 0 Å². The fourth-order valence-electron chi connectivity index (χ4n) is 4.17. The van der Waals surface area contributed by atoms with Crippen LogP contribution in [0.4, 0.5) is 0 Å². The number of fused-ring (bicyclic) bond motifs is 1. The van der Waals surface area contributed by atoms with Crippen LogP contribution < -0.4 is 14.2 Å². The summed E-state index contributed by atoms with van der Waals surface area (Å²) in [5, 5.41) is 22.1. The molecule has 4 rings (SSSR count). The van der Waals surface area contributed by atoms with Gasteiger partial charge < -0.3 is 19.3 Å². The molecule has 0 radical (unpaired) electrons. The van der Waals surface area contributed by atoms with Crippen molar-refractivity contribution in [2.24, 2.45) is 0 Å². The van der Waals surface area contributed by atoms with Crippen molar-refractivity contribution in [3.05, 3.63) is 64.2 Å². The Balaban J connectivity index is 1.74. The van der Waals surface area contributed by atoms with Crippen LogP contribution in [-0.2, 0) is 10.5 Å². The molecule has 7 nitrogen and oxygen atoms in total. The Morgan fingerprint density at radius 2 is 1.91 bits per heavy atom. The SMILES string of the molecule is CCOc1ccc([C@@H]2CC(=O)N3C(=C2C#N)SC[C@@]3(O)c2ccc(OC)c(OC)c2)cc1. The standard InChI is InChI=1S/C24H24N2O5S/c1-4-31-17-8-5-15(6-9-17)18-12-22(27)26-23(19(18)13-25)32-14-24(26,28)16-7-10-20(29-2)21(11-16)30-3/h5-11,18,28H,4,12,14H2,1-3H3/t18-,24+/m0/s1. The lowest BCUT2D eigenvalue weighted by Crippen LogP contribution is -2.48. The lowest BCUT2D eigenvalue weighted by Gasteiger charge is -2.38. The number of nitriles is 1. The molecule has 0 unspecified atom stereocenters. The summed E-state index contributed by atoms with van der Waals surface area (Å²) in [4.78, 5) is 14.6. The zero-order chi connectivity index (χ0) is 22.9. The molecule has 0 spiro atoms. The van der Waals surface area contributed by atoms with Crippen LogP contribution in [0.1, 0.15) is 30.4 Å². The van der Waals surface area contributed by atoms with Gasteiger partial charge in [-0.15, -0.1) is 11.8 Å². The molecule has 2 heterocycles. The smallest absolute Gasteiger partial charge is 0.231 e. The number of methoxy groups -OCH3 is 2. The third kappa shape index (κ3) is 3.57. The molecule has 2 aliphatic heterocycles. The van der Waals surface area contributed by atoms with Gasteiger partial charge in [0.05, 0.1) is 43.3 Å². The van der Waals surface area contributed by atoms with E-state index in [2.05, 4.69) is 6.07 Å². The monoisotopic (exact) mass is 452 g/mol. The van der Waals surface area contributed by atoms with E-state index in [9.17, 15) is 15.2 Å². The van der Waals surface area contributed by atoms with Crippen molar-refractivity contribution in [1.29, 1.82) is 5.26 Å². The minimum absolute atomic E-state index is 0.0938. The summed E-state index contributed by atoms with van der Waals surface area (Å²) in [5.74, 6) is 1.33. The minimum Gasteiger partial charge on any atom is -0.494 e. The molecule has 8 heteroatoms. The zero-order valence-corrected chi connectivity index (χ0v) is 18.9. The number of ether oxygens (including phenoxy) is 3. The van der Waals surface area contributed by atoms with Crippen molar-refractivity contribution in [3.63, 3.8) is 0 Å². The van der Waals surface area contributed by atoms with E-state index in [4.69, 9.17) is 14.2 Å². The summed E-state index contributed by atoms with van der Waals surface area (Å²) in [6.45, 7) is 2.48. The number of allylic oxidation sites excluding steroid dienone is 1. The van der Waals surface area contributed by atoms with Gasteiger partial charge in [0, 0.05) is 17.9 Å². The first kappa shape index (κ1) is 22.1. The summed E-state index contributed by atoms with van der Waals surface area (Å²) < 4.78 is 16.1. The van der Waals surface area contributed by atoms with E-state index in [1.807, 2.05) is 31.2 Å². The van der Waals surface area contributed by atoms with Crippen molar-refractivity contribution in [1.82, 2.24) is 4.90 Å². The van der Waals surface area contributed by atoms with Crippen LogP contribution in [0.25, 0.3) is 0 Å².